The van der Waals surface area contributed by atoms with E-state index >= 15 is 0 Å². The summed E-state index contributed by atoms with van der Waals surface area (Å²) < 4.78 is 15.2. The molecule has 0 saturated heterocycles. The minimum absolute atomic E-state index is 0.261. The molecule has 0 aliphatic heterocycles. The van der Waals surface area contributed by atoms with Crippen molar-refractivity contribution in [3.63, 3.8) is 0 Å². The summed E-state index contributed by atoms with van der Waals surface area (Å²) in [6.07, 6.45) is -0.487. The molecule has 2 amide bonds. The van der Waals surface area contributed by atoms with Gasteiger partial charge in [-0.2, -0.15) is 0 Å². The van der Waals surface area contributed by atoms with Crippen molar-refractivity contribution in [2.24, 2.45) is 5.92 Å². The standard InChI is InChI=1S/C16H24N2O5/c1-11(2)10-23-16(20)18-8-7-17-15(19)12-5-6-13(21-3)14(9-12)22-4/h5-6,9,11H,7-8,10H2,1-4H3,(H,17,19)(H,18,20). The number of carbonyl (C=O) groups excluding carboxylic acids is 2. The molecular weight excluding hydrogens is 300 g/mol. The molecule has 23 heavy (non-hydrogen) atoms. The van der Waals surface area contributed by atoms with Crippen molar-refractivity contribution in [3.8, 4) is 11.5 Å². The number of rotatable bonds is 8. The van der Waals surface area contributed by atoms with Crippen molar-refractivity contribution in [1.82, 2.24) is 10.6 Å². The van der Waals surface area contributed by atoms with Gasteiger partial charge in [0.15, 0.2) is 11.5 Å². The molecule has 0 saturated carbocycles. The molecule has 1 rings (SSSR count). The van der Waals surface area contributed by atoms with Crippen molar-refractivity contribution in [1.29, 1.82) is 0 Å². The van der Waals surface area contributed by atoms with E-state index in [1.807, 2.05) is 13.8 Å². The zero-order chi connectivity index (χ0) is 17.2. The monoisotopic (exact) mass is 324 g/mol. The van der Waals surface area contributed by atoms with Gasteiger partial charge in [0, 0.05) is 18.7 Å². The fourth-order valence-electron chi connectivity index (χ4n) is 1.71. The average molecular weight is 324 g/mol. The lowest BCUT2D eigenvalue weighted by atomic mass is 10.2. The van der Waals surface area contributed by atoms with Crippen molar-refractivity contribution in [2.75, 3.05) is 33.9 Å². The maximum absolute atomic E-state index is 12.0. The highest BCUT2D eigenvalue weighted by molar-refractivity contribution is 5.94. The quantitative estimate of drug-likeness (QED) is 0.712. The molecule has 0 aliphatic rings. The van der Waals surface area contributed by atoms with E-state index in [2.05, 4.69) is 10.6 Å². The molecule has 0 heterocycles. The molecule has 0 atom stereocenters. The minimum Gasteiger partial charge on any atom is -0.493 e. The minimum atomic E-state index is -0.487. The molecule has 0 aromatic heterocycles. The Morgan fingerprint density at radius 1 is 1.04 bits per heavy atom. The second kappa shape index (κ2) is 9.55. The van der Waals surface area contributed by atoms with Crippen LogP contribution in [-0.2, 0) is 4.74 Å². The van der Waals surface area contributed by atoms with Crippen molar-refractivity contribution in [3.05, 3.63) is 23.8 Å². The van der Waals surface area contributed by atoms with Gasteiger partial charge in [0.25, 0.3) is 5.91 Å². The summed E-state index contributed by atoms with van der Waals surface area (Å²) in [5.41, 5.74) is 0.449. The van der Waals surface area contributed by atoms with Gasteiger partial charge in [-0.05, 0) is 24.1 Å². The number of nitrogens with one attached hydrogen (secondary N) is 2. The van der Waals surface area contributed by atoms with Crippen molar-refractivity contribution in [2.45, 2.75) is 13.8 Å². The van der Waals surface area contributed by atoms with Gasteiger partial charge in [-0.25, -0.2) is 4.79 Å². The number of carbonyl (C=O) groups is 2. The summed E-state index contributed by atoms with van der Waals surface area (Å²) >= 11 is 0. The van der Waals surface area contributed by atoms with E-state index in [0.29, 0.717) is 30.2 Å². The molecule has 7 heteroatoms. The van der Waals surface area contributed by atoms with Crippen molar-refractivity contribution >= 4 is 12.0 Å². The highest BCUT2D eigenvalue weighted by Crippen LogP contribution is 2.27. The van der Waals surface area contributed by atoms with E-state index in [1.54, 1.807) is 18.2 Å². The molecule has 0 bridgehead atoms. The van der Waals surface area contributed by atoms with Crippen LogP contribution < -0.4 is 20.1 Å². The van der Waals surface area contributed by atoms with Gasteiger partial charge < -0.3 is 24.8 Å². The fourth-order valence-corrected chi connectivity index (χ4v) is 1.71. The Bertz CT molecular complexity index is 531. The summed E-state index contributed by atoms with van der Waals surface area (Å²) in [4.78, 5) is 23.4. The van der Waals surface area contributed by atoms with Crippen LogP contribution in [0.3, 0.4) is 0 Å². The first-order valence-corrected chi connectivity index (χ1v) is 7.38. The number of amides is 2. The highest BCUT2D eigenvalue weighted by Gasteiger charge is 2.10. The van der Waals surface area contributed by atoms with Gasteiger partial charge in [0.05, 0.1) is 20.8 Å². The van der Waals surface area contributed by atoms with Gasteiger partial charge in [-0.3, -0.25) is 4.79 Å². The molecule has 2 N–H and O–H groups in total. The first kappa shape index (κ1) is 18.6. The number of benzene rings is 1. The lowest BCUT2D eigenvalue weighted by Gasteiger charge is -2.11. The number of hydrogen-bond acceptors (Lipinski definition) is 5. The van der Waals surface area contributed by atoms with Crippen LogP contribution in [0.25, 0.3) is 0 Å². The molecule has 7 nitrogen and oxygen atoms in total. The normalized spacial score (nSPS) is 10.1. The topological polar surface area (TPSA) is 85.9 Å². The summed E-state index contributed by atoms with van der Waals surface area (Å²) in [6.45, 7) is 4.86. The van der Waals surface area contributed by atoms with Crippen LogP contribution >= 0.6 is 0 Å². The largest absolute Gasteiger partial charge is 0.493 e. The Morgan fingerprint density at radius 2 is 1.70 bits per heavy atom. The molecule has 0 fully saturated rings. The first-order valence-electron chi connectivity index (χ1n) is 7.38. The second-order valence-corrected chi connectivity index (χ2v) is 5.24. The fraction of sp³-hybridized carbons (Fsp3) is 0.500. The Hall–Kier alpha value is -2.44. The van der Waals surface area contributed by atoms with Gasteiger partial charge in [0.2, 0.25) is 0 Å². The maximum atomic E-state index is 12.0. The van der Waals surface area contributed by atoms with Crippen LogP contribution in [0.4, 0.5) is 4.79 Å². The molecule has 128 valence electrons. The Labute approximate surface area is 136 Å². The number of methoxy groups -OCH3 is 2. The lowest BCUT2D eigenvalue weighted by molar-refractivity contribution is 0.0951. The lowest BCUT2D eigenvalue weighted by Crippen LogP contribution is -2.35. The number of hydrogen-bond donors (Lipinski definition) is 2. The molecule has 0 unspecified atom stereocenters. The van der Waals surface area contributed by atoms with Crippen LogP contribution in [0.1, 0.15) is 24.2 Å². The maximum Gasteiger partial charge on any atom is 0.407 e. The highest BCUT2D eigenvalue weighted by atomic mass is 16.5. The van der Waals surface area contributed by atoms with Gasteiger partial charge in [-0.15, -0.1) is 0 Å². The van der Waals surface area contributed by atoms with Crippen LogP contribution in [-0.4, -0.2) is 45.9 Å². The SMILES string of the molecule is COc1ccc(C(=O)NCCNC(=O)OCC(C)C)cc1OC. The van der Waals surface area contributed by atoms with E-state index < -0.39 is 6.09 Å². The molecule has 1 aromatic rings. The summed E-state index contributed by atoms with van der Waals surface area (Å²) in [5, 5.41) is 5.27. The molecule has 0 spiro atoms. The van der Waals surface area contributed by atoms with E-state index in [1.165, 1.54) is 14.2 Å². The zero-order valence-electron chi connectivity index (χ0n) is 14.0. The van der Waals surface area contributed by atoms with Crippen LogP contribution in [0.5, 0.6) is 11.5 Å². The molecular formula is C16H24N2O5. The summed E-state index contributed by atoms with van der Waals surface area (Å²) in [5.74, 6) is 1.06. The van der Waals surface area contributed by atoms with E-state index in [9.17, 15) is 9.59 Å². The van der Waals surface area contributed by atoms with E-state index in [-0.39, 0.29) is 18.4 Å². The third kappa shape index (κ3) is 6.46. The number of alkyl carbamates (subject to hydrolysis) is 1. The molecule has 0 aliphatic carbocycles. The zero-order valence-corrected chi connectivity index (χ0v) is 14.0. The Balaban J connectivity index is 2.38. The van der Waals surface area contributed by atoms with Gasteiger partial charge in [-0.1, -0.05) is 13.8 Å². The average Bonchev–Trinajstić information content (AvgIpc) is 2.55. The molecule has 0 radical (unpaired) electrons. The van der Waals surface area contributed by atoms with Crippen LogP contribution in [0.15, 0.2) is 18.2 Å². The number of ether oxygens (including phenoxy) is 3. The van der Waals surface area contributed by atoms with Gasteiger partial charge >= 0.3 is 6.09 Å². The predicted molar refractivity (Wildman–Crippen MR) is 86.1 cm³/mol. The third-order valence-electron chi connectivity index (χ3n) is 2.87. The molecule has 1 aromatic carbocycles. The predicted octanol–water partition coefficient (Wildman–Crippen LogP) is 1.82. The van der Waals surface area contributed by atoms with Gasteiger partial charge in [0.1, 0.15) is 0 Å². The van der Waals surface area contributed by atoms with Crippen LogP contribution in [0.2, 0.25) is 0 Å². The second-order valence-electron chi connectivity index (χ2n) is 5.24. The van der Waals surface area contributed by atoms with E-state index in [0.717, 1.165) is 0 Å². The van der Waals surface area contributed by atoms with Crippen molar-refractivity contribution < 1.29 is 23.8 Å². The third-order valence-corrected chi connectivity index (χ3v) is 2.87. The van der Waals surface area contributed by atoms with Crippen LogP contribution in [0, 0.1) is 5.92 Å². The van der Waals surface area contributed by atoms with E-state index in [4.69, 9.17) is 14.2 Å². The smallest absolute Gasteiger partial charge is 0.407 e. The Kier molecular flexibility index (Phi) is 7.73. The summed E-state index contributed by atoms with van der Waals surface area (Å²) in [6, 6.07) is 4.90. The summed E-state index contributed by atoms with van der Waals surface area (Å²) in [7, 11) is 3.04. The Morgan fingerprint density at radius 3 is 2.30 bits per heavy atom. The first-order chi connectivity index (χ1) is 11.0.